The van der Waals surface area contributed by atoms with E-state index in [1.54, 1.807) is 40.0 Å². The van der Waals surface area contributed by atoms with E-state index in [1.807, 2.05) is 0 Å². The first-order valence-electron chi connectivity index (χ1n) is 9.53. The van der Waals surface area contributed by atoms with Crippen molar-refractivity contribution in [2.45, 2.75) is 26.4 Å². The van der Waals surface area contributed by atoms with Crippen molar-refractivity contribution in [3.8, 4) is 11.5 Å². The molecule has 2 rings (SSSR count). The number of alkyl carbamates (subject to hydrolysis) is 1. The van der Waals surface area contributed by atoms with Crippen LogP contribution in [0.5, 0.6) is 11.5 Å². The molecule has 0 spiro atoms. The van der Waals surface area contributed by atoms with Gasteiger partial charge in [-0.3, -0.25) is 0 Å². The van der Waals surface area contributed by atoms with Crippen LogP contribution in [0, 0.1) is 0 Å². The van der Waals surface area contributed by atoms with Crippen LogP contribution >= 0.6 is 11.6 Å². The Balaban J connectivity index is 1.83. The van der Waals surface area contributed by atoms with Crippen molar-refractivity contribution >= 4 is 28.6 Å². The third kappa shape index (κ3) is 8.17. The average molecular weight is 442 g/mol. The van der Waals surface area contributed by atoms with Crippen molar-refractivity contribution in [3.63, 3.8) is 0 Å². The van der Waals surface area contributed by atoms with Gasteiger partial charge in [0.05, 0.1) is 25.3 Å². The fraction of sp³-hybridized carbons (Fsp3) is 0.550. The lowest BCUT2D eigenvalue weighted by Crippen LogP contribution is -2.34. The predicted octanol–water partition coefficient (Wildman–Crippen LogP) is 3.23. The molecule has 0 fully saturated rings. The highest BCUT2D eigenvalue weighted by molar-refractivity contribution is 6.34. The molecule has 0 saturated carbocycles. The molecule has 10 heteroatoms. The number of rotatable bonds is 11. The van der Waals surface area contributed by atoms with Crippen LogP contribution in [-0.2, 0) is 14.2 Å². The van der Waals surface area contributed by atoms with Crippen LogP contribution in [0.25, 0.3) is 10.9 Å². The van der Waals surface area contributed by atoms with Crippen LogP contribution in [0.3, 0.4) is 0 Å². The van der Waals surface area contributed by atoms with Gasteiger partial charge in [-0.15, -0.1) is 0 Å². The molecule has 0 unspecified atom stereocenters. The molecule has 1 N–H and O–H groups in total. The molecule has 2 aromatic rings. The number of benzene rings is 1. The largest absolute Gasteiger partial charge is 0.487 e. The summed E-state index contributed by atoms with van der Waals surface area (Å²) in [6.45, 7) is 7.50. The number of nitrogens with zero attached hydrogens (tertiary/aromatic N) is 2. The van der Waals surface area contributed by atoms with Crippen LogP contribution in [0.2, 0.25) is 5.15 Å². The first kappa shape index (κ1) is 23.9. The number of methoxy groups -OCH3 is 1. The van der Waals surface area contributed by atoms with Crippen LogP contribution in [0.4, 0.5) is 4.79 Å². The van der Waals surface area contributed by atoms with E-state index >= 15 is 0 Å². The number of fused-ring (bicyclic) bond motifs is 1. The van der Waals surface area contributed by atoms with Crippen LogP contribution in [-0.4, -0.2) is 68.4 Å². The number of carbonyl (C=O) groups excluding carboxylic acids is 1. The van der Waals surface area contributed by atoms with E-state index in [4.69, 9.17) is 35.3 Å². The van der Waals surface area contributed by atoms with Crippen LogP contribution in [0.15, 0.2) is 18.5 Å². The average Bonchev–Trinajstić information content (AvgIpc) is 2.66. The fourth-order valence-electron chi connectivity index (χ4n) is 2.35. The van der Waals surface area contributed by atoms with Gasteiger partial charge in [-0.05, 0) is 26.8 Å². The first-order chi connectivity index (χ1) is 14.3. The minimum absolute atomic E-state index is 0.289. The van der Waals surface area contributed by atoms with Gasteiger partial charge in [-0.2, -0.15) is 0 Å². The van der Waals surface area contributed by atoms with Gasteiger partial charge in [0.1, 0.15) is 30.3 Å². The molecule has 0 radical (unpaired) electrons. The number of hydrogen-bond acceptors (Lipinski definition) is 8. The molecule has 0 saturated heterocycles. The first-order valence-corrected chi connectivity index (χ1v) is 9.91. The summed E-state index contributed by atoms with van der Waals surface area (Å²) in [6, 6.07) is 3.49. The molecule has 0 aliphatic carbocycles. The standard InChI is InChI=1S/C20H28ClN3O6/c1-20(2,3)30-19(25)22-5-6-27-8-10-29-17-12-15-14(18(21)24-13-23-15)11-16(17)28-9-7-26-4/h11-13H,5-10H2,1-4H3,(H,22,25). The number of aromatic nitrogens is 2. The number of halogens is 1. The number of amides is 1. The molecule has 30 heavy (non-hydrogen) atoms. The highest BCUT2D eigenvalue weighted by atomic mass is 35.5. The van der Waals surface area contributed by atoms with Crippen molar-refractivity contribution < 1.29 is 28.5 Å². The topological polar surface area (TPSA) is 101 Å². The second-order valence-electron chi connectivity index (χ2n) is 7.21. The van der Waals surface area contributed by atoms with E-state index in [1.165, 1.54) is 6.33 Å². The van der Waals surface area contributed by atoms with E-state index in [0.29, 0.717) is 60.5 Å². The van der Waals surface area contributed by atoms with Crippen LogP contribution < -0.4 is 14.8 Å². The summed E-state index contributed by atoms with van der Waals surface area (Å²) >= 11 is 6.14. The third-order valence-corrected chi connectivity index (χ3v) is 3.90. The highest BCUT2D eigenvalue weighted by Crippen LogP contribution is 2.34. The molecule has 1 heterocycles. The number of ether oxygens (including phenoxy) is 5. The molecule has 1 amide bonds. The third-order valence-electron chi connectivity index (χ3n) is 3.60. The smallest absolute Gasteiger partial charge is 0.407 e. The molecular formula is C20H28ClN3O6. The Bertz CT molecular complexity index is 828. The SMILES string of the molecule is COCCOc1cc2c(Cl)ncnc2cc1OCCOCCNC(=O)OC(C)(C)C. The van der Waals surface area contributed by atoms with E-state index in [-0.39, 0.29) is 6.61 Å². The van der Waals surface area contributed by atoms with Crippen LogP contribution in [0.1, 0.15) is 20.8 Å². The zero-order valence-electron chi connectivity index (χ0n) is 17.7. The van der Waals surface area contributed by atoms with E-state index in [0.717, 1.165) is 0 Å². The summed E-state index contributed by atoms with van der Waals surface area (Å²) in [6.07, 6.45) is 0.915. The zero-order valence-corrected chi connectivity index (χ0v) is 18.5. The Kier molecular flexibility index (Phi) is 9.35. The maximum atomic E-state index is 11.6. The second-order valence-corrected chi connectivity index (χ2v) is 7.57. The Morgan fingerprint density at radius 1 is 1.03 bits per heavy atom. The van der Waals surface area contributed by atoms with Gasteiger partial charge in [-0.1, -0.05) is 11.6 Å². The Hall–Kier alpha value is -2.36. The lowest BCUT2D eigenvalue weighted by atomic mass is 10.2. The minimum Gasteiger partial charge on any atom is -0.487 e. The summed E-state index contributed by atoms with van der Waals surface area (Å²) < 4.78 is 27.2. The molecule has 166 valence electrons. The van der Waals surface area contributed by atoms with Crippen molar-refractivity contribution in [1.82, 2.24) is 15.3 Å². The molecular weight excluding hydrogens is 414 g/mol. The van der Waals surface area contributed by atoms with Gasteiger partial charge in [-0.25, -0.2) is 14.8 Å². The van der Waals surface area contributed by atoms with Gasteiger partial charge < -0.3 is 29.0 Å². The number of nitrogens with one attached hydrogen (secondary N) is 1. The van der Waals surface area contributed by atoms with Gasteiger partial charge in [0, 0.05) is 25.1 Å². The second kappa shape index (κ2) is 11.7. The molecule has 0 aliphatic rings. The van der Waals surface area contributed by atoms with E-state index < -0.39 is 11.7 Å². The molecule has 9 nitrogen and oxygen atoms in total. The summed E-state index contributed by atoms with van der Waals surface area (Å²) in [5, 5.41) is 3.63. The minimum atomic E-state index is -0.531. The maximum Gasteiger partial charge on any atom is 0.407 e. The molecule has 1 aromatic heterocycles. The monoisotopic (exact) mass is 441 g/mol. The summed E-state index contributed by atoms with van der Waals surface area (Å²) in [4.78, 5) is 19.7. The van der Waals surface area contributed by atoms with Gasteiger partial charge in [0.2, 0.25) is 0 Å². The molecule has 0 aliphatic heterocycles. The summed E-state index contributed by atoms with van der Waals surface area (Å²) in [5.74, 6) is 1.03. The summed E-state index contributed by atoms with van der Waals surface area (Å²) in [5.41, 5.74) is 0.114. The van der Waals surface area contributed by atoms with Gasteiger partial charge in [0.25, 0.3) is 0 Å². The maximum absolute atomic E-state index is 11.6. The van der Waals surface area contributed by atoms with E-state index in [9.17, 15) is 4.79 Å². The van der Waals surface area contributed by atoms with Crippen molar-refractivity contribution in [3.05, 3.63) is 23.6 Å². The molecule has 1 aromatic carbocycles. The quantitative estimate of drug-likeness (QED) is 0.419. The summed E-state index contributed by atoms with van der Waals surface area (Å²) in [7, 11) is 1.60. The Labute approximate surface area is 181 Å². The molecule has 0 bridgehead atoms. The molecule has 0 atom stereocenters. The predicted molar refractivity (Wildman–Crippen MR) is 112 cm³/mol. The van der Waals surface area contributed by atoms with E-state index in [2.05, 4.69) is 15.3 Å². The number of hydrogen-bond donors (Lipinski definition) is 1. The van der Waals surface area contributed by atoms with Crippen molar-refractivity contribution in [2.75, 3.05) is 46.7 Å². The van der Waals surface area contributed by atoms with Gasteiger partial charge in [0.15, 0.2) is 11.5 Å². The fourth-order valence-corrected chi connectivity index (χ4v) is 2.54. The zero-order chi connectivity index (χ0) is 22.0. The Morgan fingerprint density at radius 2 is 1.73 bits per heavy atom. The Morgan fingerprint density at radius 3 is 2.43 bits per heavy atom. The number of carbonyl (C=O) groups is 1. The van der Waals surface area contributed by atoms with Crippen molar-refractivity contribution in [1.29, 1.82) is 0 Å². The lowest BCUT2D eigenvalue weighted by Gasteiger charge is -2.19. The van der Waals surface area contributed by atoms with Crippen molar-refractivity contribution in [2.24, 2.45) is 0 Å². The lowest BCUT2D eigenvalue weighted by molar-refractivity contribution is 0.0488. The highest BCUT2D eigenvalue weighted by Gasteiger charge is 2.15. The van der Waals surface area contributed by atoms with Gasteiger partial charge >= 0.3 is 6.09 Å². The normalized spacial score (nSPS) is 11.4.